The summed E-state index contributed by atoms with van der Waals surface area (Å²) in [7, 11) is 0. The van der Waals surface area contributed by atoms with E-state index in [1.165, 1.54) is 18.2 Å². The fourth-order valence-electron chi connectivity index (χ4n) is 2.48. The number of hydrogen-bond donors (Lipinski definition) is 2. The van der Waals surface area contributed by atoms with E-state index in [1.54, 1.807) is 0 Å². The van der Waals surface area contributed by atoms with Gasteiger partial charge in [0.2, 0.25) is 5.91 Å². The molecule has 1 amide bonds. The van der Waals surface area contributed by atoms with E-state index in [2.05, 4.69) is 10.1 Å². The highest BCUT2D eigenvalue weighted by Crippen LogP contribution is 2.27. The Balaban J connectivity index is 0.00000242. The molecule has 0 spiro atoms. The minimum Gasteiger partial charge on any atom is -0.406 e. The van der Waals surface area contributed by atoms with E-state index in [9.17, 15) is 18.0 Å². The molecule has 1 aromatic rings. The van der Waals surface area contributed by atoms with Crippen LogP contribution >= 0.6 is 12.4 Å². The minimum atomic E-state index is -4.75. The first-order valence-electron chi connectivity index (χ1n) is 6.76. The number of benzene rings is 1. The highest BCUT2D eigenvalue weighted by atomic mass is 35.5. The van der Waals surface area contributed by atoms with E-state index in [0.717, 1.165) is 25.3 Å². The summed E-state index contributed by atoms with van der Waals surface area (Å²) in [6.07, 6.45) is -1.61. The molecule has 0 aliphatic heterocycles. The number of nitrogens with one attached hydrogen (secondary N) is 1. The van der Waals surface area contributed by atoms with Crippen LogP contribution in [-0.4, -0.2) is 18.3 Å². The summed E-state index contributed by atoms with van der Waals surface area (Å²) in [4.78, 5) is 12.1. The molecule has 0 aromatic heterocycles. The van der Waals surface area contributed by atoms with Gasteiger partial charge in [-0.1, -0.05) is 12.5 Å². The molecule has 0 bridgehead atoms. The molecular formula is C14H18ClF3N2O2. The van der Waals surface area contributed by atoms with Crippen LogP contribution in [0.5, 0.6) is 5.75 Å². The standard InChI is InChI=1S/C14H17F3N2O2.ClH/c15-14(16,17)21-12-6-2-5-11(8-12)19-13(20)9-3-1-4-10(18)7-9;/h2,5-6,8-10H,1,3-4,7,18H2,(H,19,20);1H. The van der Waals surface area contributed by atoms with Gasteiger partial charge in [-0.15, -0.1) is 25.6 Å². The van der Waals surface area contributed by atoms with Crippen LogP contribution in [0, 0.1) is 5.92 Å². The molecular weight excluding hydrogens is 321 g/mol. The lowest BCUT2D eigenvalue weighted by Gasteiger charge is -2.25. The Bertz CT molecular complexity index is 511. The van der Waals surface area contributed by atoms with Gasteiger partial charge < -0.3 is 15.8 Å². The van der Waals surface area contributed by atoms with Crippen molar-refractivity contribution in [2.24, 2.45) is 11.7 Å². The molecule has 0 radical (unpaired) electrons. The molecule has 8 heteroatoms. The van der Waals surface area contributed by atoms with Crippen LogP contribution in [0.1, 0.15) is 25.7 Å². The second kappa shape index (κ2) is 7.69. The van der Waals surface area contributed by atoms with Gasteiger partial charge in [-0.3, -0.25) is 4.79 Å². The van der Waals surface area contributed by atoms with Crippen molar-refractivity contribution in [1.29, 1.82) is 0 Å². The van der Waals surface area contributed by atoms with Crippen molar-refractivity contribution in [1.82, 2.24) is 0 Å². The monoisotopic (exact) mass is 338 g/mol. The second-order valence-corrected chi connectivity index (χ2v) is 5.19. The first-order chi connectivity index (χ1) is 9.83. The maximum atomic E-state index is 12.1. The Hall–Kier alpha value is -1.47. The first-order valence-corrected chi connectivity index (χ1v) is 6.76. The second-order valence-electron chi connectivity index (χ2n) is 5.19. The Morgan fingerprint density at radius 3 is 2.68 bits per heavy atom. The van der Waals surface area contributed by atoms with Crippen LogP contribution in [0.15, 0.2) is 24.3 Å². The molecule has 1 fully saturated rings. The maximum absolute atomic E-state index is 12.1. The van der Waals surface area contributed by atoms with Gasteiger partial charge in [-0.25, -0.2) is 0 Å². The van der Waals surface area contributed by atoms with Crippen molar-refractivity contribution in [3.63, 3.8) is 0 Å². The lowest BCUT2D eigenvalue weighted by Crippen LogP contribution is -2.34. The number of anilines is 1. The molecule has 0 heterocycles. The van der Waals surface area contributed by atoms with Gasteiger partial charge in [-0.2, -0.15) is 0 Å². The fraction of sp³-hybridized carbons (Fsp3) is 0.500. The SMILES string of the molecule is Cl.NC1CCCC(C(=O)Nc2cccc(OC(F)(F)F)c2)C1. The number of carbonyl (C=O) groups excluding carboxylic acids is 1. The number of alkyl halides is 3. The van der Waals surface area contributed by atoms with Crippen LogP contribution in [-0.2, 0) is 4.79 Å². The smallest absolute Gasteiger partial charge is 0.406 e. The third kappa shape index (κ3) is 5.73. The summed E-state index contributed by atoms with van der Waals surface area (Å²) in [6, 6.07) is 5.25. The highest BCUT2D eigenvalue weighted by Gasteiger charge is 2.31. The molecule has 124 valence electrons. The predicted octanol–water partition coefficient (Wildman–Crippen LogP) is 3.46. The molecule has 1 saturated carbocycles. The van der Waals surface area contributed by atoms with Gasteiger partial charge in [0.05, 0.1) is 0 Å². The van der Waals surface area contributed by atoms with E-state index >= 15 is 0 Å². The van der Waals surface area contributed by atoms with Gasteiger partial charge in [0.25, 0.3) is 0 Å². The molecule has 1 aliphatic carbocycles. The van der Waals surface area contributed by atoms with Crippen LogP contribution in [0.4, 0.5) is 18.9 Å². The number of carbonyl (C=O) groups is 1. The van der Waals surface area contributed by atoms with Gasteiger partial charge in [0, 0.05) is 23.7 Å². The third-order valence-electron chi connectivity index (χ3n) is 3.42. The Morgan fingerprint density at radius 1 is 1.32 bits per heavy atom. The molecule has 1 aromatic carbocycles. The van der Waals surface area contributed by atoms with Crippen molar-refractivity contribution >= 4 is 24.0 Å². The molecule has 2 unspecified atom stereocenters. The van der Waals surface area contributed by atoms with Crippen LogP contribution in [0.25, 0.3) is 0 Å². The van der Waals surface area contributed by atoms with E-state index in [1.807, 2.05) is 0 Å². The zero-order chi connectivity index (χ0) is 15.5. The zero-order valence-electron chi connectivity index (χ0n) is 11.7. The maximum Gasteiger partial charge on any atom is 0.573 e. The number of halogens is 4. The van der Waals surface area contributed by atoms with Gasteiger partial charge >= 0.3 is 6.36 Å². The zero-order valence-corrected chi connectivity index (χ0v) is 12.5. The van der Waals surface area contributed by atoms with Crippen LogP contribution in [0.3, 0.4) is 0 Å². The van der Waals surface area contributed by atoms with Crippen molar-refractivity contribution < 1.29 is 22.7 Å². The van der Waals surface area contributed by atoms with E-state index in [-0.39, 0.29) is 41.7 Å². The van der Waals surface area contributed by atoms with Crippen LogP contribution in [0.2, 0.25) is 0 Å². The molecule has 3 N–H and O–H groups in total. The summed E-state index contributed by atoms with van der Waals surface area (Å²) < 4.78 is 40.3. The first kappa shape index (κ1) is 18.6. The molecule has 1 aliphatic rings. The fourth-order valence-corrected chi connectivity index (χ4v) is 2.48. The van der Waals surface area contributed by atoms with Crippen molar-refractivity contribution in [3.8, 4) is 5.75 Å². The molecule has 22 heavy (non-hydrogen) atoms. The normalized spacial score (nSPS) is 21.6. The van der Waals surface area contributed by atoms with Crippen molar-refractivity contribution in [3.05, 3.63) is 24.3 Å². The Morgan fingerprint density at radius 2 is 2.05 bits per heavy atom. The van der Waals surface area contributed by atoms with E-state index in [4.69, 9.17) is 5.73 Å². The van der Waals surface area contributed by atoms with Gasteiger partial charge in [-0.05, 0) is 31.4 Å². The topological polar surface area (TPSA) is 64.4 Å². The lowest BCUT2D eigenvalue weighted by molar-refractivity contribution is -0.274. The summed E-state index contributed by atoms with van der Waals surface area (Å²) in [6.45, 7) is 0. The Kier molecular flexibility index (Phi) is 6.49. The molecule has 4 nitrogen and oxygen atoms in total. The van der Waals surface area contributed by atoms with Gasteiger partial charge in [0.1, 0.15) is 5.75 Å². The predicted molar refractivity (Wildman–Crippen MR) is 78.9 cm³/mol. The Labute approximate surface area is 132 Å². The number of nitrogens with two attached hydrogens (primary N) is 1. The largest absolute Gasteiger partial charge is 0.573 e. The summed E-state index contributed by atoms with van der Waals surface area (Å²) in [5.41, 5.74) is 6.10. The van der Waals surface area contributed by atoms with Crippen molar-refractivity contribution in [2.45, 2.75) is 38.1 Å². The molecule has 2 atom stereocenters. The summed E-state index contributed by atoms with van der Waals surface area (Å²) in [5.74, 6) is -0.768. The third-order valence-corrected chi connectivity index (χ3v) is 3.42. The minimum absolute atomic E-state index is 0. The quantitative estimate of drug-likeness (QED) is 0.887. The molecule has 2 rings (SSSR count). The number of rotatable bonds is 3. The number of hydrogen-bond acceptors (Lipinski definition) is 3. The van der Waals surface area contributed by atoms with Gasteiger partial charge in [0.15, 0.2) is 0 Å². The number of ether oxygens (including phenoxy) is 1. The average Bonchev–Trinajstić information content (AvgIpc) is 2.37. The summed E-state index contributed by atoms with van der Waals surface area (Å²) in [5, 5.41) is 2.62. The lowest BCUT2D eigenvalue weighted by atomic mass is 9.85. The van der Waals surface area contributed by atoms with E-state index < -0.39 is 6.36 Å². The molecule has 0 saturated heterocycles. The highest BCUT2D eigenvalue weighted by molar-refractivity contribution is 5.92. The van der Waals surface area contributed by atoms with E-state index in [0.29, 0.717) is 6.42 Å². The van der Waals surface area contributed by atoms with Crippen molar-refractivity contribution in [2.75, 3.05) is 5.32 Å². The average molecular weight is 339 g/mol. The summed E-state index contributed by atoms with van der Waals surface area (Å²) >= 11 is 0. The van der Waals surface area contributed by atoms with Crippen LogP contribution < -0.4 is 15.8 Å². The number of amides is 1.